The van der Waals surface area contributed by atoms with Crippen LogP contribution in [0.3, 0.4) is 0 Å². The van der Waals surface area contributed by atoms with Crippen molar-refractivity contribution in [2.24, 2.45) is 0 Å². The van der Waals surface area contributed by atoms with E-state index in [0.29, 0.717) is 0 Å². The second-order valence-corrected chi connectivity index (χ2v) is 4.94. The molecule has 64 valence electrons. The highest BCUT2D eigenvalue weighted by Gasteiger charge is 2.46. The zero-order chi connectivity index (χ0) is 8.65. The Labute approximate surface area is 79.9 Å². The molecule has 1 amide bonds. The third-order valence-electron chi connectivity index (χ3n) is 2.18. The molecule has 1 rings (SSSR count). The van der Waals surface area contributed by atoms with Gasteiger partial charge in [0.25, 0.3) is 0 Å². The first-order valence-corrected chi connectivity index (χ1v) is 4.69. The van der Waals surface area contributed by atoms with Gasteiger partial charge in [-0.3, -0.25) is 4.79 Å². The van der Waals surface area contributed by atoms with Crippen molar-refractivity contribution in [2.45, 2.75) is 22.9 Å². The molecule has 0 aliphatic carbocycles. The van der Waals surface area contributed by atoms with E-state index in [0.717, 1.165) is 13.0 Å². The van der Waals surface area contributed by atoms with E-state index in [1.807, 2.05) is 0 Å². The monoisotopic (exact) mass is 269 g/mol. The summed E-state index contributed by atoms with van der Waals surface area (Å²) in [6, 6.07) is 0. The van der Waals surface area contributed by atoms with Crippen LogP contribution >= 0.6 is 22.6 Å². The van der Waals surface area contributed by atoms with Crippen molar-refractivity contribution < 1.29 is 9.90 Å². The SMILES string of the molecule is CC(O)C1(I)CCN(C)C1=O. The van der Waals surface area contributed by atoms with E-state index in [1.165, 1.54) is 0 Å². The molecule has 0 aromatic heterocycles. The average molecular weight is 269 g/mol. The number of hydrogen-bond donors (Lipinski definition) is 1. The van der Waals surface area contributed by atoms with Crippen molar-refractivity contribution in [2.75, 3.05) is 13.6 Å². The van der Waals surface area contributed by atoms with Crippen LogP contribution in [0.2, 0.25) is 0 Å². The molecule has 0 aromatic rings. The molecular formula is C7H12INO2. The Hall–Kier alpha value is 0.160. The van der Waals surface area contributed by atoms with Gasteiger partial charge in [0.05, 0.1) is 6.10 Å². The quantitative estimate of drug-likeness (QED) is 0.553. The maximum Gasteiger partial charge on any atom is 0.241 e. The molecule has 1 N–H and O–H groups in total. The predicted molar refractivity (Wildman–Crippen MR) is 50.7 cm³/mol. The van der Waals surface area contributed by atoms with Crippen LogP contribution in [0.4, 0.5) is 0 Å². The molecule has 1 fully saturated rings. The summed E-state index contributed by atoms with van der Waals surface area (Å²) in [6.07, 6.45) is 0.196. The Bertz CT molecular complexity index is 183. The van der Waals surface area contributed by atoms with Crippen LogP contribution in [-0.2, 0) is 4.79 Å². The summed E-state index contributed by atoms with van der Waals surface area (Å²) >= 11 is 2.06. The maximum atomic E-state index is 11.4. The highest BCUT2D eigenvalue weighted by molar-refractivity contribution is 14.1. The molecule has 4 heteroatoms. The number of carbonyl (C=O) groups excluding carboxylic acids is 1. The minimum Gasteiger partial charge on any atom is -0.391 e. The van der Waals surface area contributed by atoms with Crippen LogP contribution in [0.1, 0.15) is 13.3 Å². The molecule has 11 heavy (non-hydrogen) atoms. The molecule has 0 bridgehead atoms. The molecule has 1 aliphatic rings. The van der Waals surface area contributed by atoms with Gasteiger partial charge in [-0.25, -0.2) is 0 Å². The summed E-state index contributed by atoms with van der Waals surface area (Å²) in [4.78, 5) is 13.1. The van der Waals surface area contributed by atoms with Gasteiger partial charge in [-0.1, -0.05) is 22.6 Å². The number of halogens is 1. The molecule has 0 radical (unpaired) electrons. The number of carbonyl (C=O) groups is 1. The Kier molecular flexibility index (Phi) is 2.43. The molecule has 0 aromatic carbocycles. The van der Waals surface area contributed by atoms with E-state index in [4.69, 9.17) is 0 Å². The third-order valence-corrected chi connectivity index (χ3v) is 4.08. The van der Waals surface area contributed by atoms with E-state index < -0.39 is 9.53 Å². The number of hydrogen-bond acceptors (Lipinski definition) is 2. The van der Waals surface area contributed by atoms with Gasteiger partial charge in [-0.15, -0.1) is 0 Å². The number of likely N-dealkylation sites (tertiary alicyclic amines) is 1. The molecule has 0 saturated carbocycles. The highest BCUT2D eigenvalue weighted by atomic mass is 127. The summed E-state index contributed by atoms with van der Waals surface area (Å²) < 4.78 is -0.563. The number of amides is 1. The van der Waals surface area contributed by atoms with Crippen molar-refractivity contribution in [1.29, 1.82) is 0 Å². The minimum atomic E-state index is -0.563. The van der Waals surface area contributed by atoms with E-state index in [2.05, 4.69) is 22.6 Å². The van der Waals surface area contributed by atoms with Crippen LogP contribution in [-0.4, -0.2) is 39.0 Å². The first kappa shape index (κ1) is 9.25. The van der Waals surface area contributed by atoms with Crippen LogP contribution in [0.25, 0.3) is 0 Å². The zero-order valence-electron chi connectivity index (χ0n) is 6.67. The van der Waals surface area contributed by atoms with Crippen LogP contribution < -0.4 is 0 Å². The Morgan fingerprint density at radius 3 is 2.55 bits per heavy atom. The van der Waals surface area contributed by atoms with Crippen molar-refractivity contribution >= 4 is 28.5 Å². The fourth-order valence-electron chi connectivity index (χ4n) is 1.24. The second-order valence-electron chi connectivity index (χ2n) is 3.02. The fourth-order valence-corrected chi connectivity index (χ4v) is 1.90. The third kappa shape index (κ3) is 1.38. The summed E-state index contributed by atoms with van der Waals surface area (Å²) in [5.74, 6) is 0.0492. The van der Waals surface area contributed by atoms with E-state index in [1.54, 1.807) is 18.9 Å². The number of rotatable bonds is 1. The highest BCUT2D eigenvalue weighted by Crippen LogP contribution is 2.34. The Morgan fingerprint density at radius 1 is 1.82 bits per heavy atom. The smallest absolute Gasteiger partial charge is 0.241 e. The van der Waals surface area contributed by atoms with Crippen LogP contribution in [0.5, 0.6) is 0 Å². The van der Waals surface area contributed by atoms with Gasteiger partial charge in [-0.05, 0) is 13.3 Å². The lowest BCUT2D eigenvalue weighted by Crippen LogP contribution is -2.41. The summed E-state index contributed by atoms with van der Waals surface area (Å²) in [6.45, 7) is 2.43. The number of aliphatic hydroxyl groups is 1. The topological polar surface area (TPSA) is 40.5 Å². The molecule has 0 spiro atoms. The van der Waals surface area contributed by atoms with Crippen LogP contribution in [0, 0.1) is 0 Å². The van der Waals surface area contributed by atoms with Crippen molar-refractivity contribution in [1.82, 2.24) is 4.90 Å². The van der Waals surface area contributed by atoms with Gasteiger partial charge in [0.15, 0.2) is 0 Å². The Morgan fingerprint density at radius 2 is 2.36 bits per heavy atom. The molecule has 1 aliphatic heterocycles. The normalized spacial score (nSPS) is 34.5. The number of alkyl halides is 1. The summed E-state index contributed by atoms with van der Waals surface area (Å²) in [7, 11) is 1.77. The molecule has 1 saturated heterocycles. The maximum absolute atomic E-state index is 11.4. The van der Waals surface area contributed by atoms with Crippen LogP contribution in [0.15, 0.2) is 0 Å². The lowest BCUT2D eigenvalue weighted by molar-refractivity contribution is -0.130. The minimum absolute atomic E-state index is 0.0492. The molecule has 1 heterocycles. The first-order valence-electron chi connectivity index (χ1n) is 3.61. The Balaban J connectivity index is 2.81. The lowest BCUT2D eigenvalue weighted by Gasteiger charge is -2.22. The van der Waals surface area contributed by atoms with E-state index >= 15 is 0 Å². The van der Waals surface area contributed by atoms with Gasteiger partial charge in [-0.2, -0.15) is 0 Å². The van der Waals surface area contributed by atoms with Gasteiger partial charge >= 0.3 is 0 Å². The molecule has 2 atom stereocenters. The second kappa shape index (κ2) is 2.90. The largest absolute Gasteiger partial charge is 0.391 e. The zero-order valence-corrected chi connectivity index (χ0v) is 8.83. The predicted octanol–water partition coefficient (Wildman–Crippen LogP) is 0.403. The first-order chi connectivity index (χ1) is 4.98. The van der Waals surface area contributed by atoms with Gasteiger partial charge in [0, 0.05) is 13.6 Å². The van der Waals surface area contributed by atoms with Crippen molar-refractivity contribution in [3.63, 3.8) is 0 Å². The lowest BCUT2D eigenvalue weighted by atomic mass is 10.0. The number of nitrogens with zero attached hydrogens (tertiary/aromatic N) is 1. The standard InChI is InChI=1S/C7H12INO2/c1-5(10)7(8)3-4-9(2)6(7)11/h5,10H,3-4H2,1-2H3. The van der Waals surface area contributed by atoms with Crippen molar-refractivity contribution in [3.8, 4) is 0 Å². The van der Waals surface area contributed by atoms with Gasteiger partial charge in [0.1, 0.15) is 3.42 Å². The summed E-state index contributed by atoms with van der Waals surface area (Å²) in [5, 5.41) is 9.34. The number of aliphatic hydroxyl groups excluding tert-OH is 1. The molecule has 2 unspecified atom stereocenters. The van der Waals surface area contributed by atoms with Gasteiger partial charge in [0.2, 0.25) is 5.91 Å². The van der Waals surface area contributed by atoms with E-state index in [-0.39, 0.29) is 5.91 Å². The summed E-state index contributed by atoms with van der Waals surface area (Å²) in [5.41, 5.74) is 0. The van der Waals surface area contributed by atoms with Gasteiger partial charge < -0.3 is 10.0 Å². The van der Waals surface area contributed by atoms with E-state index in [9.17, 15) is 9.90 Å². The molecule has 3 nitrogen and oxygen atoms in total. The molecular weight excluding hydrogens is 257 g/mol. The fraction of sp³-hybridized carbons (Fsp3) is 0.857. The van der Waals surface area contributed by atoms with Crippen molar-refractivity contribution in [3.05, 3.63) is 0 Å². The average Bonchev–Trinajstić information content (AvgIpc) is 2.18.